The fourth-order valence-corrected chi connectivity index (χ4v) is 1.46. The van der Waals surface area contributed by atoms with E-state index in [1.54, 1.807) is 6.07 Å². The molecule has 0 fully saturated rings. The van der Waals surface area contributed by atoms with E-state index in [4.69, 9.17) is 14.3 Å². The van der Waals surface area contributed by atoms with Gasteiger partial charge in [-0.3, -0.25) is 0 Å². The molecule has 4 nitrogen and oxygen atoms in total. The molecule has 0 saturated carbocycles. The highest BCUT2D eigenvalue weighted by Crippen LogP contribution is 2.22. The second-order valence-electron chi connectivity index (χ2n) is 3.73. The molecule has 1 N–H and O–H groups in total. The largest absolute Gasteiger partial charge is 0.486 e. The first-order valence-corrected chi connectivity index (χ1v) is 5.39. The highest BCUT2D eigenvalue weighted by molar-refractivity contribution is 5.87. The van der Waals surface area contributed by atoms with Gasteiger partial charge in [0.1, 0.15) is 18.1 Å². The third kappa shape index (κ3) is 3.31. The number of aromatic carboxylic acids is 1. The summed E-state index contributed by atoms with van der Waals surface area (Å²) in [5.74, 6) is -0.910. The second kappa shape index (κ2) is 5.51. The van der Waals surface area contributed by atoms with E-state index in [1.807, 2.05) is 0 Å². The average molecular weight is 268 g/mol. The minimum absolute atomic E-state index is 0.0458. The average Bonchev–Trinajstić information content (AvgIpc) is 2.85. The second-order valence-corrected chi connectivity index (χ2v) is 3.73. The highest BCUT2D eigenvalue weighted by atomic mass is 19.3. The fraction of sp³-hybridized carbons (Fsp3) is 0.154. The number of halogens is 2. The minimum Gasteiger partial charge on any atom is -0.486 e. The molecule has 2 rings (SSSR count). The van der Waals surface area contributed by atoms with E-state index in [1.165, 1.54) is 30.3 Å². The van der Waals surface area contributed by atoms with Crippen molar-refractivity contribution in [1.29, 1.82) is 0 Å². The van der Waals surface area contributed by atoms with Crippen LogP contribution in [0.2, 0.25) is 0 Å². The van der Waals surface area contributed by atoms with E-state index in [2.05, 4.69) is 0 Å². The van der Waals surface area contributed by atoms with Gasteiger partial charge in [-0.2, -0.15) is 0 Å². The first kappa shape index (κ1) is 13.1. The zero-order valence-electron chi connectivity index (χ0n) is 9.68. The highest BCUT2D eigenvalue weighted by Gasteiger charge is 2.12. The predicted octanol–water partition coefficient (Wildman–Crippen LogP) is 3.49. The number of carboxylic acids is 1. The maximum Gasteiger partial charge on any atom is 0.335 e. The molecule has 0 spiro atoms. The van der Waals surface area contributed by atoms with Crippen LogP contribution in [0.15, 0.2) is 40.8 Å². The lowest BCUT2D eigenvalue weighted by atomic mass is 10.2. The fourth-order valence-electron chi connectivity index (χ4n) is 1.46. The Balaban J connectivity index is 2.01. The van der Waals surface area contributed by atoms with Gasteiger partial charge in [0.15, 0.2) is 5.76 Å². The SMILES string of the molecule is O=C(O)c1cccc(OCc2ccc(C(F)F)o2)c1. The molecule has 6 heteroatoms. The third-order valence-corrected chi connectivity index (χ3v) is 2.36. The molecule has 0 unspecified atom stereocenters. The molecule has 1 aromatic carbocycles. The molecule has 2 aromatic rings. The summed E-state index contributed by atoms with van der Waals surface area (Å²) in [5, 5.41) is 8.80. The number of carboxylic acid groups (broad SMARTS) is 1. The van der Waals surface area contributed by atoms with Crippen LogP contribution < -0.4 is 4.74 Å². The standard InChI is InChI=1S/C13H10F2O4/c14-12(15)11-5-4-10(19-11)7-18-9-3-1-2-8(6-9)13(16)17/h1-6,12H,7H2,(H,16,17). The smallest absolute Gasteiger partial charge is 0.335 e. The van der Waals surface area contributed by atoms with Crippen LogP contribution in [0, 0.1) is 0 Å². The first-order valence-electron chi connectivity index (χ1n) is 5.39. The first-order chi connectivity index (χ1) is 9.06. The Bertz CT molecular complexity index is 578. The lowest BCUT2D eigenvalue weighted by Crippen LogP contribution is -1.98. The van der Waals surface area contributed by atoms with Gasteiger partial charge in [0.05, 0.1) is 5.56 Å². The van der Waals surface area contributed by atoms with Crippen molar-refractivity contribution in [2.45, 2.75) is 13.0 Å². The lowest BCUT2D eigenvalue weighted by molar-refractivity contribution is 0.0696. The van der Waals surface area contributed by atoms with Gasteiger partial charge in [-0.05, 0) is 30.3 Å². The van der Waals surface area contributed by atoms with E-state index in [0.717, 1.165) is 0 Å². The molecule has 0 atom stereocenters. The normalized spacial score (nSPS) is 10.7. The maximum atomic E-state index is 12.3. The van der Waals surface area contributed by atoms with Gasteiger partial charge in [-0.25, -0.2) is 13.6 Å². The van der Waals surface area contributed by atoms with Crippen molar-refractivity contribution in [2.24, 2.45) is 0 Å². The van der Waals surface area contributed by atoms with E-state index in [-0.39, 0.29) is 17.9 Å². The van der Waals surface area contributed by atoms with E-state index < -0.39 is 18.2 Å². The molecular formula is C13H10F2O4. The van der Waals surface area contributed by atoms with Gasteiger partial charge >= 0.3 is 5.97 Å². The summed E-state index contributed by atoms with van der Waals surface area (Å²) >= 11 is 0. The summed E-state index contributed by atoms with van der Waals surface area (Å²) in [7, 11) is 0. The Morgan fingerprint density at radius 1 is 1.32 bits per heavy atom. The van der Waals surface area contributed by atoms with Gasteiger partial charge < -0.3 is 14.3 Å². The van der Waals surface area contributed by atoms with Gasteiger partial charge in [-0.15, -0.1) is 0 Å². The Kier molecular flexibility index (Phi) is 3.79. The molecule has 19 heavy (non-hydrogen) atoms. The van der Waals surface area contributed by atoms with Crippen LogP contribution in [0.25, 0.3) is 0 Å². The number of benzene rings is 1. The number of furan rings is 1. The number of hydrogen-bond donors (Lipinski definition) is 1. The van der Waals surface area contributed by atoms with Crippen molar-refractivity contribution < 1.29 is 27.8 Å². The zero-order valence-corrected chi connectivity index (χ0v) is 9.68. The Morgan fingerprint density at radius 3 is 2.74 bits per heavy atom. The number of alkyl halides is 2. The van der Waals surface area contributed by atoms with E-state index in [0.29, 0.717) is 5.75 Å². The van der Waals surface area contributed by atoms with Gasteiger partial charge in [-0.1, -0.05) is 6.07 Å². The Hall–Kier alpha value is -2.37. The molecule has 1 heterocycles. The van der Waals surface area contributed by atoms with Crippen molar-refractivity contribution in [1.82, 2.24) is 0 Å². The summed E-state index contributed by atoms with van der Waals surface area (Å²) in [6.07, 6.45) is -2.66. The van der Waals surface area contributed by atoms with E-state index in [9.17, 15) is 13.6 Å². The van der Waals surface area contributed by atoms with Crippen molar-refractivity contribution in [2.75, 3.05) is 0 Å². The molecule has 0 aliphatic carbocycles. The summed E-state index contributed by atoms with van der Waals surface area (Å²) in [5.41, 5.74) is 0.0882. The summed E-state index contributed by atoms with van der Waals surface area (Å²) in [6.45, 7) is -0.0458. The van der Waals surface area contributed by atoms with Crippen LogP contribution in [-0.4, -0.2) is 11.1 Å². The van der Waals surface area contributed by atoms with Gasteiger partial charge in [0, 0.05) is 0 Å². The number of hydrogen-bond acceptors (Lipinski definition) is 3. The predicted molar refractivity (Wildman–Crippen MR) is 61.4 cm³/mol. The molecule has 0 aliphatic heterocycles. The molecule has 0 bridgehead atoms. The maximum absolute atomic E-state index is 12.3. The van der Waals surface area contributed by atoms with E-state index >= 15 is 0 Å². The van der Waals surface area contributed by atoms with Crippen LogP contribution in [-0.2, 0) is 6.61 Å². The van der Waals surface area contributed by atoms with Crippen molar-refractivity contribution in [3.05, 3.63) is 53.5 Å². The van der Waals surface area contributed by atoms with Crippen LogP contribution in [0.4, 0.5) is 8.78 Å². The van der Waals surface area contributed by atoms with Crippen LogP contribution >= 0.6 is 0 Å². The molecule has 0 aliphatic rings. The van der Waals surface area contributed by atoms with Gasteiger partial charge in [0.25, 0.3) is 6.43 Å². The summed E-state index contributed by atoms with van der Waals surface area (Å²) in [6, 6.07) is 8.45. The quantitative estimate of drug-likeness (QED) is 0.901. The molecule has 0 radical (unpaired) electrons. The molecular weight excluding hydrogens is 258 g/mol. The number of carbonyl (C=O) groups is 1. The van der Waals surface area contributed by atoms with Crippen molar-refractivity contribution in [3.8, 4) is 5.75 Å². The van der Waals surface area contributed by atoms with Crippen LogP contribution in [0.3, 0.4) is 0 Å². The Morgan fingerprint density at radius 2 is 2.11 bits per heavy atom. The minimum atomic E-state index is -2.66. The number of ether oxygens (including phenoxy) is 1. The molecule has 100 valence electrons. The third-order valence-electron chi connectivity index (χ3n) is 2.36. The van der Waals surface area contributed by atoms with Crippen LogP contribution in [0.5, 0.6) is 5.75 Å². The van der Waals surface area contributed by atoms with Crippen LogP contribution in [0.1, 0.15) is 28.3 Å². The molecule has 1 aromatic heterocycles. The Labute approximate surface area is 107 Å². The number of rotatable bonds is 5. The molecule has 0 saturated heterocycles. The van der Waals surface area contributed by atoms with Crippen molar-refractivity contribution >= 4 is 5.97 Å². The summed E-state index contributed by atoms with van der Waals surface area (Å²) < 4.78 is 34.7. The van der Waals surface area contributed by atoms with Gasteiger partial charge in [0.2, 0.25) is 0 Å². The van der Waals surface area contributed by atoms with Crippen molar-refractivity contribution in [3.63, 3.8) is 0 Å². The lowest BCUT2D eigenvalue weighted by Gasteiger charge is -2.04. The summed E-state index contributed by atoms with van der Waals surface area (Å²) in [4.78, 5) is 10.7. The molecule has 0 amide bonds. The zero-order chi connectivity index (χ0) is 13.8. The topological polar surface area (TPSA) is 59.7 Å². The monoisotopic (exact) mass is 268 g/mol.